The summed E-state index contributed by atoms with van der Waals surface area (Å²) in [4.78, 5) is 0. The van der Waals surface area contributed by atoms with Gasteiger partial charge in [-0.15, -0.1) is 0 Å². The minimum Gasteiger partial charge on any atom is -0.379 e. The minimum atomic E-state index is -1.25. The van der Waals surface area contributed by atoms with Gasteiger partial charge < -0.3 is 10.4 Å². The van der Waals surface area contributed by atoms with Crippen LogP contribution in [0.5, 0.6) is 0 Å². The van der Waals surface area contributed by atoms with Gasteiger partial charge in [0.15, 0.2) is 0 Å². The van der Waals surface area contributed by atoms with Crippen LogP contribution >= 0.6 is 11.6 Å². The molecule has 4 heteroatoms. The Morgan fingerprint density at radius 1 is 0.840 bits per heavy atom. The molecule has 0 aliphatic carbocycles. The zero-order valence-corrected chi connectivity index (χ0v) is 14.4. The summed E-state index contributed by atoms with van der Waals surface area (Å²) in [5, 5.41) is 15.3. The second-order valence-corrected chi connectivity index (χ2v) is 6.40. The van der Waals surface area contributed by atoms with E-state index in [2.05, 4.69) is 5.32 Å². The fraction of sp³-hybridized carbons (Fsp3) is 0.143. The standard InChI is InChI=1S/C21H19ClFNO/c22-19-10-6-16(7-11-19)14-24-15-21(25,17-4-2-1-3-5-17)18-8-12-20(23)13-9-18/h1-13,24-25H,14-15H2/t21-/m1/s1. The molecule has 0 unspecified atom stereocenters. The van der Waals surface area contributed by atoms with E-state index < -0.39 is 5.60 Å². The summed E-state index contributed by atoms with van der Waals surface area (Å²) < 4.78 is 13.3. The van der Waals surface area contributed by atoms with Gasteiger partial charge in [-0.2, -0.15) is 0 Å². The number of hydrogen-bond acceptors (Lipinski definition) is 2. The Morgan fingerprint density at radius 2 is 1.44 bits per heavy atom. The number of hydrogen-bond donors (Lipinski definition) is 2. The van der Waals surface area contributed by atoms with E-state index in [1.807, 2.05) is 54.6 Å². The van der Waals surface area contributed by atoms with Gasteiger partial charge >= 0.3 is 0 Å². The zero-order chi connectivity index (χ0) is 17.7. The first-order chi connectivity index (χ1) is 12.1. The maximum atomic E-state index is 13.3. The van der Waals surface area contributed by atoms with E-state index in [1.165, 1.54) is 12.1 Å². The van der Waals surface area contributed by atoms with Crippen LogP contribution in [0.3, 0.4) is 0 Å². The van der Waals surface area contributed by atoms with Gasteiger partial charge in [-0.05, 0) is 41.0 Å². The van der Waals surface area contributed by atoms with Crippen LogP contribution in [0.1, 0.15) is 16.7 Å². The Hall–Kier alpha value is -2.20. The number of aliphatic hydroxyl groups is 1. The van der Waals surface area contributed by atoms with Crippen molar-refractivity contribution < 1.29 is 9.50 Å². The molecule has 2 nitrogen and oxygen atoms in total. The van der Waals surface area contributed by atoms with Crippen LogP contribution in [0.2, 0.25) is 5.02 Å². The Bertz CT molecular complexity index is 806. The summed E-state index contributed by atoms with van der Waals surface area (Å²) in [5.41, 5.74) is 1.22. The van der Waals surface area contributed by atoms with Crippen molar-refractivity contribution in [3.63, 3.8) is 0 Å². The van der Waals surface area contributed by atoms with Gasteiger partial charge in [0.05, 0.1) is 0 Å². The molecule has 0 fully saturated rings. The number of nitrogens with one attached hydrogen (secondary N) is 1. The lowest BCUT2D eigenvalue weighted by atomic mass is 9.86. The van der Waals surface area contributed by atoms with Crippen LogP contribution < -0.4 is 5.32 Å². The van der Waals surface area contributed by atoms with Crippen molar-refractivity contribution in [3.8, 4) is 0 Å². The fourth-order valence-electron chi connectivity index (χ4n) is 2.80. The van der Waals surface area contributed by atoms with Crippen LogP contribution in [-0.4, -0.2) is 11.7 Å². The molecule has 0 saturated carbocycles. The highest BCUT2D eigenvalue weighted by molar-refractivity contribution is 6.30. The lowest BCUT2D eigenvalue weighted by Crippen LogP contribution is -2.39. The van der Waals surface area contributed by atoms with Gasteiger partial charge in [0, 0.05) is 18.1 Å². The van der Waals surface area contributed by atoms with Gasteiger partial charge in [-0.1, -0.05) is 66.2 Å². The van der Waals surface area contributed by atoms with E-state index in [1.54, 1.807) is 12.1 Å². The lowest BCUT2D eigenvalue weighted by Gasteiger charge is -2.30. The van der Waals surface area contributed by atoms with E-state index in [-0.39, 0.29) is 5.82 Å². The predicted octanol–water partition coefficient (Wildman–Crippen LogP) is 4.50. The Kier molecular flexibility index (Phi) is 5.49. The maximum Gasteiger partial charge on any atom is 0.127 e. The molecule has 2 N–H and O–H groups in total. The molecule has 3 aromatic carbocycles. The third-order valence-corrected chi connectivity index (χ3v) is 4.45. The molecule has 1 atom stereocenters. The van der Waals surface area contributed by atoms with Crippen molar-refractivity contribution in [2.24, 2.45) is 0 Å². The van der Waals surface area contributed by atoms with Gasteiger partial charge in [-0.25, -0.2) is 4.39 Å². The summed E-state index contributed by atoms with van der Waals surface area (Å²) >= 11 is 5.90. The second kappa shape index (κ2) is 7.79. The Labute approximate surface area is 151 Å². The molecule has 0 heterocycles. The second-order valence-electron chi connectivity index (χ2n) is 5.96. The molecule has 3 rings (SSSR count). The normalized spacial score (nSPS) is 13.4. The highest BCUT2D eigenvalue weighted by Crippen LogP contribution is 2.29. The third-order valence-electron chi connectivity index (χ3n) is 4.20. The highest BCUT2D eigenvalue weighted by Gasteiger charge is 2.31. The first-order valence-corrected chi connectivity index (χ1v) is 8.45. The molecule has 0 saturated heterocycles. The molecule has 0 aromatic heterocycles. The van der Waals surface area contributed by atoms with Gasteiger partial charge in [0.1, 0.15) is 11.4 Å². The zero-order valence-electron chi connectivity index (χ0n) is 13.6. The van der Waals surface area contributed by atoms with E-state index >= 15 is 0 Å². The topological polar surface area (TPSA) is 32.3 Å². The molecule has 0 aliphatic heterocycles. The molecule has 0 radical (unpaired) electrons. The summed E-state index contributed by atoms with van der Waals surface area (Å²) in [7, 11) is 0. The van der Waals surface area contributed by atoms with Crippen LogP contribution in [0.25, 0.3) is 0 Å². The summed E-state index contributed by atoms with van der Waals surface area (Å²) in [6, 6.07) is 22.9. The SMILES string of the molecule is O[C@](CNCc1ccc(Cl)cc1)(c1ccccc1)c1ccc(F)cc1. The molecule has 25 heavy (non-hydrogen) atoms. The van der Waals surface area contributed by atoms with Crippen molar-refractivity contribution in [1.82, 2.24) is 5.32 Å². The van der Waals surface area contributed by atoms with Crippen molar-refractivity contribution in [2.45, 2.75) is 12.1 Å². The first-order valence-electron chi connectivity index (χ1n) is 8.07. The van der Waals surface area contributed by atoms with E-state index in [4.69, 9.17) is 11.6 Å². The molecular weight excluding hydrogens is 337 g/mol. The van der Waals surface area contributed by atoms with Gasteiger partial charge in [-0.3, -0.25) is 0 Å². The van der Waals surface area contributed by atoms with Crippen LogP contribution in [0, 0.1) is 5.82 Å². The van der Waals surface area contributed by atoms with E-state index in [0.717, 1.165) is 11.1 Å². The third kappa shape index (κ3) is 4.26. The molecule has 0 spiro atoms. The molecule has 3 aromatic rings. The Balaban J connectivity index is 1.81. The quantitative estimate of drug-likeness (QED) is 0.682. The fourth-order valence-corrected chi connectivity index (χ4v) is 2.93. The van der Waals surface area contributed by atoms with Crippen molar-refractivity contribution in [3.05, 3.63) is 106 Å². The Morgan fingerprint density at radius 3 is 2.08 bits per heavy atom. The van der Waals surface area contributed by atoms with Crippen molar-refractivity contribution in [2.75, 3.05) is 6.54 Å². The minimum absolute atomic E-state index is 0.297. The summed E-state index contributed by atoms with van der Waals surface area (Å²) in [6.45, 7) is 0.888. The van der Waals surface area contributed by atoms with E-state index in [0.29, 0.717) is 23.7 Å². The van der Waals surface area contributed by atoms with Gasteiger partial charge in [0.2, 0.25) is 0 Å². The number of rotatable bonds is 6. The number of halogens is 2. The average molecular weight is 356 g/mol. The summed E-state index contributed by atoms with van der Waals surface area (Å²) in [6.07, 6.45) is 0. The largest absolute Gasteiger partial charge is 0.379 e. The molecule has 128 valence electrons. The van der Waals surface area contributed by atoms with E-state index in [9.17, 15) is 9.50 Å². The predicted molar refractivity (Wildman–Crippen MR) is 99.0 cm³/mol. The molecule has 0 bridgehead atoms. The number of benzene rings is 3. The van der Waals surface area contributed by atoms with Gasteiger partial charge in [0.25, 0.3) is 0 Å². The average Bonchev–Trinajstić information content (AvgIpc) is 2.64. The van der Waals surface area contributed by atoms with Crippen molar-refractivity contribution in [1.29, 1.82) is 0 Å². The smallest absolute Gasteiger partial charge is 0.127 e. The monoisotopic (exact) mass is 355 g/mol. The molecule has 0 amide bonds. The van der Waals surface area contributed by atoms with Crippen LogP contribution in [-0.2, 0) is 12.1 Å². The van der Waals surface area contributed by atoms with Crippen LogP contribution in [0.4, 0.5) is 4.39 Å². The van der Waals surface area contributed by atoms with Crippen LogP contribution in [0.15, 0.2) is 78.9 Å². The molecule has 0 aliphatic rings. The molecular formula is C21H19ClFNO. The summed E-state index contributed by atoms with van der Waals surface area (Å²) in [5.74, 6) is -0.326. The maximum absolute atomic E-state index is 13.3. The highest BCUT2D eigenvalue weighted by atomic mass is 35.5. The lowest BCUT2D eigenvalue weighted by molar-refractivity contribution is 0.0795. The van der Waals surface area contributed by atoms with Crippen molar-refractivity contribution >= 4 is 11.6 Å². The first kappa shape index (κ1) is 17.6.